The standard InChI is InChI=1S/C12H22N4/c1-11(2)6-4-5-7-12(11,13)8-10-9-16(3)15-14-10/h9H,4-8,13H2,1-3H3. The lowest BCUT2D eigenvalue weighted by atomic mass is 9.62. The van der Waals surface area contributed by atoms with Crippen LogP contribution in [0.15, 0.2) is 6.20 Å². The van der Waals surface area contributed by atoms with Crippen molar-refractivity contribution in [3.8, 4) is 0 Å². The number of hydrogen-bond donors (Lipinski definition) is 1. The van der Waals surface area contributed by atoms with E-state index in [1.165, 1.54) is 19.3 Å². The second-order valence-electron chi connectivity index (χ2n) is 5.81. The first kappa shape index (κ1) is 11.6. The largest absolute Gasteiger partial charge is 0.324 e. The lowest BCUT2D eigenvalue weighted by molar-refractivity contribution is 0.0981. The number of nitrogens with two attached hydrogens (primary N) is 1. The summed E-state index contributed by atoms with van der Waals surface area (Å²) in [5, 5.41) is 8.13. The van der Waals surface area contributed by atoms with Crippen LogP contribution in [-0.4, -0.2) is 20.5 Å². The van der Waals surface area contributed by atoms with E-state index in [1.807, 2.05) is 13.2 Å². The minimum absolute atomic E-state index is 0.124. The summed E-state index contributed by atoms with van der Waals surface area (Å²) in [6.07, 6.45) is 7.65. The summed E-state index contributed by atoms with van der Waals surface area (Å²) < 4.78 is 1.74. The maximum absolute atomic E-state index is 6.60. The van der Waals surface area contributed by atoms with Gasteiger partial charge in [-0.3, -0.25) is 4.68 Å². The predicted molar refractivity (Wildman–Crippen MR) is 63.9 cm³/mol. The molecule has 16 heavy (non-hydrogen) atoms. The Morgan fingerprint density at radius 2 is 2.06 bits per heavy atom. The molecule has 2 rings (SSSR count). The summed E-state index contributed by atoms with van der Waals surface area (Å²) in [6, 6.07) is 0. The average molecular weight is 222 g/mol. The molecular weight excluding hydrogens is 200 g/mol. The highest BCUT2D eigenvalue weighted by Gasteiger charge is 2.43. The summed E-state index contributed by atoms with van der Waals surface area (Å²) >= 11 is 0. The van der Waals surface area contributed by atoms with Crippen molar-refractivity contribution in [1.82, 2.24) is 15.0 Å². The second-order valence-corrected chi connectivity index (χ2v) is 5.81. The minimum atomic E-state index is -0.124. The first-order chi connectivity index (χ1) is 7.43. The predicted octanol–water partition coefficient (Wildman–Crippen LogP) is 1.66. The Kier molecular flexibility index (Phi) is 2.78. The van der Waals surface area contributed by atoms with Gasteiger partial charge in [0.05, 0.1) is 5.69 Å². The monoisotopic (exact) mass is 222 g/mol. The molecule has 0 amide bonds. The summed E-state index contributed by atoms with van der Waals surface area (Å²) in [4.78, 5) is 0. The molecule has 1 heterocycles. The van der Waals surface area contributed by atoms with E-state index in [0.717, 1.165) is 18.5 Å². The van der Waals surface area contributed by atoms with Gasteiger partial charge in [-0.25, -0.2) is 0 Å². The Balaban J connectivity index is 2.17. The van der Waals surface area contributed by atoms with Gasteiger partial charge in [-0.1, -0.05) is 31.9 Å². The van der Waals surface area contributed by atoms with Crippen LogP contribution in [0.25, 0.3) is 0 Å². The molecule has 0 saturated heterocycles. The van der Waals surface area contributed by atoms with E-state index >= 15 is 0 Å². The smallest absolute Gasteiger partial charge is 0.0845 e. The summed E-state index contributed by atoms with van der Waals surface area (Å²) in [5.74, 6) is 0. The van der Waals surface area contributed by atoms with Crippen molar-refractivity contribution in [2.45, 2.75) is 51.5 Å². The maximum Gasteiger partial charge on any atom is 0.0845 e. The van der Waals surface area contributed by atoms with Crippen molar-refractivity contribution in [1.29, 1.82) is 0 Å². The highest BCUT2D eigenvalue weighted by atomic mass is 15.4. The van der Waals surface area contributed by atoms with E-state index in [2.05, 4.69) is 24.2 Å². The van der Waals surface area contributed by atoms with E-state index in [0.29, 0.717) is 0 Å². The fourth-order valence-corrected chi connectivity index (χ4v) is 2.72. The maximum atomic E-state index is 6.60. The number of hydrogen-bond acceptors (Lipinski definition) is 3. The van der Waals surface area contributed by atoms with Gasteiger partial charge in [0.2, 0.25) is 0 Å². The van der Waals surface area contributed by atoms with Gasteiger partial charge in [0.1, 0.15) is 0 Å². The van der Waals surface area contributed by atoms with Gasteiger partial charge >= 0.3 is 0 Å². The van der Waals surface area contributed by atoms with E-state index in [1.54, 1.807) is 4.68 Å². The van der Waals surface area contributed by atoms with Crippen molar-refractivity contribution in [2.24, 2.45) is 18.2 Å². The molecular formula is C12H22N4. The molecule has 1 aromatic heterocycles. The molecule has 0 aromatic carbocycles. The molecule has 4 heteroatoms. The van der Waals surface area contributed by atoms with E-state index < -0.39 is 0 Å². The van der Waals surface area contributed by atoms with Crippen LogP contribution < -0.4 is 5.73 Å². The fourth-order valence-electron chi connectivity index (χ4n) is 2.72. The Bertz CT molecular complexity index is 369. The van der Waals surface area contributed by atoms with Crippen LogP contribution in [0.3, 0.4) is 0 Å². The van der Waals surface area contributed by atoms with Crippen molar-refractivity contribution in [3.05, 3.63) is 11.9 Å². The van der Waals surface area contributed by atoms with E-state index in [4.69, 9.17) is 5.73 Å². The average Bonchev–Trinajstić information content (AvgIpc) is 2.57. The van der Waals surface area contributed by atoms with Crippen LogP contribution in [0.4, 0.5) is 0 Å². The number of aryl methyl sites for hydroxylation is 1. The van der Waals surface area contributed by atoms with Gasteiger partial charge in [0, 0.05) is 25.2 Å². The molecule has 1 aliphatic rings. The molecule has 0 aliphatic heterocycles. The lowest BCUT2D eigenvalue weighted by Gasteiger charge is -2.47. The highest BCUT2D eigenvalue weighted by molar-refractivity contribution is 5.08. The molecule has 4 nitrogen and oxygen atoms in total. The van der Waals surface area contributed by atoms with Crippen molar-refractivity contribution in [3.63, 3.8) is 0 Å². The molecule has 2 N–H and O–H groups in total. The fraction of sp³-hybridized carbons (Fsp3) is 0.833. The third-order valence-electron chi connectivity index (χ3n) is 4.17. The quantitative estimate of drug-likeness (QED) is 0.828. The zero-order valence-electron chi connectivity index (χ0n) is 10.5. The van der Waals surface area contributed by atoms with Crippen LogP contribution in [0.2, 0.25) is 0 Å². The molecule has 1 aromatic rings. The molecule has 1 aliphatic carbocycles. The van der Waals surface area contributed by atoms with Crippen LogP contribution in [0, 0.1) is 5.41 Å². The minimum Gasteiger partial charge on any atom is -0.324 e. The summed E-state index contributed by atoms with van der Waals surface area (Å²) in [6.45, 7) is 4.56. The third-order valence-corrected chi connectivity index (χ3v) is 4.17. The first-order valence-corrected chi connectivity index (χ1v) is 6.07. The van der Waals surface area contributed by atoms with Crippen LogP contribution in [0.1, 0.15) is 45.2 Å². The molecule has 1 atom stereocenters. The van der Waals surface area contributed by atoms with Gasteiger partial charge in [0.25, 0.3) is 0 Å². The second kappa shape index (κ2) is 3.84. The topological polar surface area (TPSA) is 56.7 Å². The number of rotatable bonds is 2. The third kappa shape index (κ3) is 1.98. The normalized spacial score (nSPS) is 29.2. The summed E-state index contributed by atoms with van der Waals surface area (Å²) in [5.41, 5.74) is 7.69. The highest BCUT2D eigenvalue weighted by Crippen LogP contribution is 2.43. The van der Waals surface area contributed by atoms with Gasteiger partial charge in [-0.15, -0.1) is 5.10 Å². The number of nitrogens with zero attached hydrogens (tertiary/aromatic N) is 3. The van der Waals surface area contributed by atoms with E-state index in [9.17, 15) is 0 Å². The van der Waals surface area contributed by atoms with Crippen molar-refractivity contribution < 1.29 is 0 Å². The molecule has 1 saturated carbocycles. The Morgan fingerprint density at radius 3 is 2.62 bits per heavy atom. The Hall–Kier alpha value is -0.900. The molecule has 0 radical (unpaired) electrons. The zero-order chi connectivity index (χ0) is 11.8. The lowest BCUT2D eigenvalue weighted by Crippen LogP contribution is -2.56. The molecule has 0 bridgehead atoms. The van der Waals surface area contributed by atoms with Crippen LogP contribution in [-0.2, 0) is 13.5 Å². The van der Waals surface area contributed by atoms with Gasteiger partial charge < -0.3 is 5.73 Å². The molecule has 0 spiro atoms. The van der Waals surface area contributed by atoms with Gasteiger partial charge in [0.15, 0.2) is 0 Å². The molecule has 90 valence electrons. The van der Waals surface area contributed by atoms with E-state index in [-0.39, 0.29) is 11.0 Å². The van der Waals surface area contributed by atoms with Crippen LogP contribution >= 0.6 is 0 Å². The van der Waals surface area contributed by atoms with Crippen molar-refractivity contribution in [2.75, 3.05) is 0 Å². The summed E-state index contributed by atoms with van der Waals surface area (Å²) in [7, 11) is 1.89. The molecule has 1 unspecified atom stereocenters. The van der Waals surface area contributed by atoms with Gasteiger partial charge in [-0.2, -0.15) is 0 Å². The van der Waals surface area contributed by atoms with Crippen LogP contribution in [0.5, 0.6) is 0 Å². The first-order valence-electron chi connectivity index (χ1n) is 6.07. The Labute approximate surface area is 97.2 Å². The number of aromatic nitrogens is 3. The van der Waals surface area contributed by atoms with Crippen molar-refractivity contribution >= 4 is 0 Å². The van der Waals surface area contributed by atoms with Gasteiger partial charge in [-0.05, 0) is 18.3 Å². The SMILES string of the molecule is Cn1cc(CC2(N)CCCCC2(C)C)nn1. The Morgan fingerprint density at radius 1 is 1.38 bits per heavy atom. The zero-order valence-corrected chi connectivity index (χ0v) is 10.5. The molecule has 1 fully saturated rings.